The number of aryl methyl sites for hydroxylation is 1. The van der Waals surface area contributed by atoms with Gasteiger partial charge in [-0.15, -0.1) is 0 Å². The average Bonchev–Trinajstić information content (AvgIpc) is 3.38. The van der Waals surface area contributed by atoms with Gasteiger partial charge in [-0.25, -0.2) is 0 Å². The molecule has 2 atom stereocenters. The molecular weight excluding hydrogens is 394 g/mol. The van der Waals surface area contributed by atoms with Crippen molar-refractivity contribution in [2.45, 2.75) is 19.0 Å². The Bertz CT molecular complexity index is 1010. The third kappa shape index (κ3) is 3.55. The van der Waals surface area contributed by atoms with E-state index in [4.69, 9.17) is 17.0 Å². The predicted molar refractivity (Wildman–Crippen MR) is 123 cm³/mol. The summed E-state index contributed by atoms with van der Waals surface area (Å²) in [6.07, 6.45) is 1.83. The lowest BCUT2D eigenvalue weighted by atomic mass is 10.0. The van der Waals surface area contributed by atoms with Crippen LogP contribution in [0.15, 0.2) is 60.8 Å². The third-order valence-electron chi connectivity index (χ3n) is 5.78. The fourth-order valence-corrected chi connectivity index (χ4v) is 4.64. The summed E-state index contributed by atoms with van der Waals surface area (Å²) in [4.78, 5) is 12.7. The number of H-pyrrole nitrogens is 1. The highest BCUT2D eigenvalue weighted by atomic mass is 32.1. The van der Waals surface area contributed by atoms with E-state index >= 15 is 0 Å². The van der Waals surface area contributed by atoms with Gasteiger partial charge in [0.15, 0.2) is 5.11 Å². The number of aromatic amines is 1. The zero-order chi connectivity index (χ0) is 20.5. The quantitative estimate of drug-likeness (QED) is 0.629. The molecule has 0 spiro atoms. The Balaban J connectivity index is 1.50. The number of morpholine rings is 1. The first-order valence-corrected chi connectivity index (χ1v) is 10.7. The van der Waals surface area contributed by atoms with Crippen LogP contribution in [-0.2, 0) is 4.74 Å². The molecule has 2 unspecified atom stereocenters. The molecule has 2 aliphatic rings. The Morgan fingerprint density at radius 2 is 1.77 bits per heavy atom. The molecule has 1 aromatic carbocycles. The minimum Gasteiger partial charge on any atom is -0.378 e. The highest BCUT2D eigenvalue weighted by molar-refractivity contribution is 7.80. The average molecular weight is 420 g/mol. The van der Waals surface area contributed by atoms with E-state index in [0.29, 0.717) is 5.11 Å². The van der Waals surface area contributed by atoms with Crippen LogP contribution in [0.4, 0.5) is 11.4 Å². The molecule has 0 bridgehead atoms. The normalized spacial score (nSPS) is 21.7. The van der Waals surface area contributed by atoms with Gasteiger partial charge in [0.25, 0.3) is 0 Å². The van der Waals surface area contributed by atoms with E-state index in [0.717, 1.165) is 49.1 Å². The van der Waals surface area contributed by atoms with Gasteiger partial charge in [0, 0.05) is 42.0 Å². The zero-order valence-electron chi connectivity index (χ0n) is 16.9. The molecule has 2 saturated heterocycles. The lowest BCUT2D eigenvalue weighted by Crippen LogP contribution is -2.36. The number of benzene rings is 1. The first-order chi connectivity index (χ1) is 14.7. The minimum atomic E-state index is -0.0318. The maximum atomic E-state index is 5.79. The van der Waals surface area contributed by atoms with Crippen LogP contribution in [0, 0.1) is 6.92 Å². The summed E-state index contributed by atoms with van der Waals surface area (Å²) in [6.45, 7) is 5.48. The van der Waals surface area contributed by atoms with Crippen molar-refractivity contribution in [1.29, 1.82) is 0 Å². The smallest absolute Gasteiger partial charge is 0.174 e. The maximum absolute atomic E-state index is 5.79. The number of hydrogen-bond donors (Lipinski definition) is 2. The monoisotopic (exact) mass is 419 g/mol. The number of hydrogen-bond acceptors (Lipinski definition) is 4. The summed E-state index contributed by atoms with van der Waals surface area (Å²) in [7, 11) is 0. The molecular formula is C23H25N5OS. The zero-order valence-corrected chi connectivity index (χ0v) is 17.7. The molecule has 30 heavy (non-hydrogen) atoms. The SMILES string of the molecule is Cc1ccc(C2C(c3ccccn3)NC(=S)N2c2ccc(N3CCOCC3)cc2)[nH]1. The molecule has 0 saturated carbocycles. The Morgan fingerprint density at radius 1 is 1.00 bits per heavy atom. The van der Waals surface area contributed by atoms with E-state index in [1.165, 1.54) is 5.69 Å². The molecule has 2 aromatic heterocycles. The number of anilines is 2. The van der Waals surface area contributed by atoms with Gasteiger partial charge in [-0.05, 0) is 67.7 Å². The van der Waals surface area contributed by atoms with Crippen LogP contribution < -0.4 is 15.1 Å². The van der Waals surface area contributed by atoms with Crippen LogP contribution in [0.3, 0.4) is 0 Å². The molecule has 0 radical (unpaired) electrons. The molecule has 2 N–H and O–H groups in total. The van der Waals surface area contributed by atoms with Crippen LogP contribution >= 0.6 is 12.2 Å². The van der Waals surface area contributed by atoms with Gasteiger partial charge in [0.05, 0.1) is 24.9 Å². The van der Waals surface area contributed by atoms with Gasteiger partial charge >= 0.3 is 0 Å². The van der Waals surface area contributed by atoms with Crippen LogP contribution in [-0.4, -0.2) is 41.4 Å². The number of ether oxygens (including phenoxy) is 1. The van der Waals surface area contributed by atoms with Crippen molar-refractivity contribution in [3.05, 3.63) is 77.9 Å². The largest absolute Gasteiger partial charge is 0.378 e. The highest BCUT2D eigenvalue weighted by Gasteiger charge is 2.41. The molecule has 6 nitrogen and oxygen atoms in total. The Morgan fingerprint density at radius 3 is 2.43 bits per heavy atom. The fourth-order valence-electron chi connectivity index (χ4n) is 4.29. The summed E-state index contributed by atoms with van der Waals surface area (Å²) in [5.74, 6) is 0. The molecule has 2 aliphatic heterocycles. The lowest BCUT2D eigenvalue weighted by molar-refractivity contribution is 0.122. The molecule has 3 aromatic rings. The Hall–Kier alpha value is -2.90. The van der Waals surface area contributed by atoms with Crippen LogP contribution in [0.25, 0.3) is 0 Å². The molecule has 4 heterocycles. The predicted octanol–water partition coefficient (Wildman–Crippen LogP) is 3.73. The van der Waals surface area contributed by atoms with E-state index in [9.17, 15) is 0 Å². The number of thiocarbonyl (C=S) groups is 1. The maximum Gasteiger partial charge on any atom is 0.174 e. The summed E-state index contributed by atoms with van der Waals surface area (Å²) in [6, 6.07) is 18.9. The van der Waals surface area contributed by atoms with Gasteiger partial charge in [-0.2, -0.15) is 0 Å². The molecule has 0 aliphatic carbocycles. The van der Waals surface area contributed by atoms with Gasteiger partial charge < -0.3 is 24.8 Å². The summed E-state index contributed by atoms with van der Waals surface area (Å²) in [5, 5.41) is 4.21. The van der Waals surface area contributed by atoms with Crippen molar-refractivity contribution in [1.82, 2.24) is 15.3 Å². The number of nitrogens with zero attached hydrogens (tertiary/aromatic N) is 3. The lowest BCUT2D eigenvalue weighted by Gasteiger charge is -2.30. The van der Waals surface area contributed by atoms with Crippen LogP contribution in [0.5, 0.6) is 0 Å². The van der Waals surface area contributed by atoms with E-state index in [1.807, 2.05) is 24.4 Å². The van der Waals surface area contributed by atoms with Crippen molar-refractivity contribution < 1.29 is 4.74 Å². The second-order valence-corrected chi connectivity index (χ2v) is 8.10. The van der Waals surface area contributed by atoms with E-state index in [1.54, 1.807) is 0 Å². The van der Waals surface area contributed by atoms with Gasteiger partial charge in [0.2, 0.25) is 0 Å². The first kappa shape index (κ1) is 19.1. The summed E-state index contributed by atoms with van der Waals surface area (Å²) in [5.41, 5.74) is 5.51. The van der Waals surface area contributed by atoms with E-state index < -0.39 is 0 Å². The van der Waals surface area contributed by atoms with Crippen molar-refractivity contribution in [2.75, 3.05) is 36.1 Å². The van der Waals surface area contributed by atoms with Crippen LogP contribution in [0.2, 0.25) is 0 Å². The van der Waals surface area contributed by atoms with Crippen molar-refractivity contribution >= 4 is 28.7 Å². The van der Waals surface area contributed by atoms with E-state index in [2.05, 4.69) is 68.4 Å². The fraction of sp³-hybridized carbons (Fsp3) is 0.304. The molecule has 0 amide bonds. The molecule has 154 valence electrons. The standard InChI is InChI=1S/C23H25N5OS/c1-16-5-10-20(25-16)22-21(19-4-2-3-11-24-19)26-23(30)28(22)18-8-6-17(7-9-18)27-12-14-29-15-13-27/h2-11,21-22,25H,12-15H2,1H3,(H,26,30). The van der Waals surface area contributed by atoms with E-state index in [-0.39, 0.29) is 12.1 Å². The number of rotatable bonds is 4. The molecule has 2 fully saturated rings. The van der Waals surface area contributed by atoms with Crippen molar-refractivity contribution in [3.63, 3.8) is 0 Å². The topological polar surface area (TPSA) is 56.4 Å². The van der Waals surface area contributed by atoms with Gasteiger partial charge in [0.1, 0.15) is 6.04 Å². The van der Waals surface area contributed by atoms with Crippen molar-refractivity contribution in [3.8, 4) is 0 Å². The second kappa shape index (κ2) is 8.08. The second-order valence-electron chi connectivity index (χ2n) is 7.71. The first-order valence-electron chi connectivity index (χ1n) is 10.3. The number of aromatic nitrogens is 2. The third-order valence-corrected chi connectivity index (χ3v) is 6.09. The molecule has 7 heteroatoms. The minimum absolute atomic E-state index is 0.00432. The Labute approximate surface area is 181 Å². The highest BCUT2D eigenvalue weighted by Crippen LogP contribution is 2.41. The number of pyridine rings is 1. The Kier molecular flexibility index (Phi) is 5.14. The van der Waals surface area contributed by atoms with Crippen LogP contribution in [0.1, 0.15) is 29.2 Å². The van der Waals surface area contributed by atoms with Gasteiger partial charge in [-0.1, -0.05) is 6.07 Å². The summed E-state index contributed by atoms with van der Waals surface area (Å²) >= 11 is 5.79. The van der Waals surface area contributed by atoms with Gasteiger partial charge in [-0.3, -0.25) is 4.98 Å². The van der Waals surface area contributed by atoms with Crippen molar-refractivity contribution in [2.24, 2.45) is 0 Å². The number of nitrogens with one attached hydrogen (secondary N) is 2. The summed E-state index contributed by atoms with van der Waals surface area (Å²) < 4.78 is 5.47. The molecule has 5 rings (SSSR count).